The molecule has 0 spiro atoms. The van der Waals surface area contributed by atoms with E-state index in [1.54, 1.807) is 0 Å². The standard InChI is InChI=1S/C15H15N5/c1-10-6-2-4-8-12(10)17-14-11-7-3-5-9-13(11)18-15(19-14)20-16/h2-9H,16H2,1H3,(H2,17,18,19,20). The van der Waals surface area contributed by atoms with Gasteiger partial charge in [-0.05, 0) is 30.7 Å². The van der Waals surface area contributed by atoms with Gasteiger partial charge in [0.1, 0.15) is 5.82 Å². The number of rotatable bonds is 3. The molecule has 2 aromatic carbocycles. The Hall–Kier alpha value is -2.66. The molecule has 3 aromatic rings. The highest BCUT2D eigenvalue weighted by Gasteiger charge is 2.07. The fraction of sp³-hybridized carbons (Fsp3) is 0.0667. The lowest BCUT2D eigenvalue weighted by atomic mass is 10.2. The lowest BCUT2D eigenvalue weighted by Gasteiger charge is -2.12. The highest BCUT2D eigenvalue weighted by Crippen LogP contribution is 2.26. The van der Waals surface area contributed by atoms with E-state index in [4.69, 9.17) is 5.84 Å². The minimum Gasteiger partial charge on any atom is -0.339 e. The van der Waals surface area contributed by atoms with Crippen LogP contribution in [-0.4, -0.2) is 9.97 Å². The normalized spacial score (nSPS) is 10.5. The third-order valence-electron chi connectivity index (χ3n) is 3.13. The predicted octanol–water partition coefficient (Wildman–Crippen LogP) is 2.97. The van der Waals surface area contributed by atoms with Crippen molar-refractivity contribution in [1.82, 2.24) is 9.97 Å². The molecule has 4 N–H and O–H groups in total. The molecule has 0 bridgehead atoms. The summed E-state index contributed by atoms with van der Waals surface area (Å²) in [6.45, 7) is 2.05. The van der Waals surface area contributed by atoms with Gasteiger partial charge in [-0.2, -0.15) is 4.98 Å². The summed E-state index contributed by atoms with van der Waals surface area (Å²) >= 11 is 0. The number of hydrogen-bond donors (Lipinski definition) is 3. The maximum atomic E-state index is 5.43. The number of nitrogens with two attached hydrogens (primary N) is 1. The van der Waals surface area contributed by atoms with E-state index in [0.29, 0.717) is 5.95 Å². The number of aromatic nitrogens is 2. The van der Waals surface area contributed by atoms with Gasteiger partial charge in [0.05, 0.1) is 5.52 Å². The quantitative estimate of drug-likeness (QED) is 0.501. The Kier molecular flexibility index (Phi) is 3.18. The first-order chi connectivity index (χ1) is 9.78. The molecule has 0 fully saturated rings. The van der Waals surface area contributed by atoms with Crippen LogP contribution in [0.4, 0.5) is 17.5 Å². The second-order valence-electron chi connectivity index (χ2n) is 4.50. The number of nitrogens with one attached hydrogen (secondary N) is 2. The van der Waals surface area contributed by atoms with E-state index in [-0.39, 0.29) is 0 Å². The van der Waals surface area contributed by atoms with Crippen molar-refractivity contribution >= 4 is 28.4 Å². The van der Waals surface area contributed by atoms with Crippen LogP contribution in [0.1, 0.15) is 5.56 Å². The van der Waals surface area contributed by atoms with Gasteiger partial charge in [0, 0.05) is 11.1 Å². The maximum absolute atomic E-state index is 5.43. The van der Waals surface area contributed by atoms with Gasteiger partial charge >= 0.3 is 0 Å². The molecule has 0 aliphatic heterocycles. The van der Waals surface area contributed by atoms with Crippen LogP contribution in [0.2, 0.25) is 0 Å². The van der Waals surface area contributed by atoms with Gasteiger partial charge in [0.15, 0.2) is 0 Å². The topological polar surface area (TPSA) is 75.9 Å². The van der Waals surface area contributed by atoms with Gasteiger partial charge in [-0.25, -0.2) is 10.8 Å². The molecule has 0 unspecified atom stereocenters. The molecule has 0 saturated carbocycles. The van der Waals surface area contributed by atoms with Crippen molar-refractivity contribution in [2.24, 2.45) is 5.84 Å². The molecule has 20 heavy (non-hydrogen) atoms. The van der Waals surface area contributed by atoms with Gasteiger partial charge in [0.25, 0.3) is 0 Å². The number of benzene rings is 2. The van der Waals surface area contributed by atoms with Gasteiger partial charge in [0.2, 0.25) is 5.95 Å². The summed E-state index contributed by atoms with van der Waals surface area (Å²) in [4.78, 5) is 8.73. The SMILES string of the molecule is Cc1ccccc1Nc1nc(NN)nc2ccccc12. The maximum Gasteiger partial charge on any atom is 0.239 e. The minimum absolute atomic E-state index is 0.389. The largest absolute Gasteiger partial charge is 0.339 e. The van der Waals surface area contributed by atoms with Crippen molar-refractivity contribution in [1.29, 1.82) is 0 Å². The monoisotopic (exact) mass is 265 g/mol. The van der Waals surface area contributed by atoms with Crippen LogP contribution >= 0.6 is 0 Å². The molecule has 100 valence electrons. The third-order valence-corrected chi connectivity index (χ3v) is 3.13. The van der Waals surface area contributed by atoms with Crippen molar-refractivity contribution in [2.75, 3.05) is 10.7 Å². The zero-order valence-corrected chi connectivity index (χ0v) is 11.1. The van der Waals surface area contributed by atoms with Crippen LogP contribution in [0, 0.1) is 6.92 Å². The molecule has 0 radical (unpaired) electrons. The Bertz CT molecular complexity index is 754. The highest BCUT2D eigenvalue weighted by molar-refractivity contribution is 5.91. The van der Waals surface area contributed by atoms with E-state index in [9.17, 15) is 0 Å². The van der Waals surface area contributed by atoms with Crippen molar-refractivity contribution in [2.45, 2.75) is 6.92 Å². The molecule has 5 nitrogen and oxygen atoms in total. The highest BCUT2D eigenvalue weighted by atomic mass is 15.3. The number of para-hydroxylation sites is 2. The molecule has 0 aliphatic carbocycles. The van der Waals surface area contributed by atoms with Crippen LogP contribution in [0.5, 0.6) is 0 Å². The van der Waals surface area contributed by atoms with Crippen LogP contribution < -0.4 is 16.6 Å². The summed E-state index contributed by atoms with van der Waals surface area (Å²) in [5, 5.41) is 4.30. The van der Waals surface area contributed by atoms with Crippen molar-refractivity contribution in [3.8, 4) is 0 Å². The number of anilines is 3. The number of nitrogen functional groups attached to an aromatic ring is 1. The van der Waals surface area contributed by atoms with E-state index < -0.39 is 0 Å². The molecule has 3 rings (SSSR count). The van der Waals surface area contributed by atoms with Crippen LogP contribution in [0.25, 0.3) is 10.9 Å². The third kappa shape index (κ3) is 2.26. The van der Waals surface area contributed by atoms with Crippen LogP contribution in [0.3, 0.4) is 0 Å². The second kappa shape index (κ2) is 5.14. The molecule has 0 aliphatic rings. The molecule has 1 heterocycles. The molecular weight excluding hydrogens is 250 g/mol. The van der Waals surface area contributed by atoms with Crippen molar-refractivity contribution in [3.05, 3.63) is 54.1 Å². The predicted molar refractivity (Wildman–Crippen MR) is 81.8 cm³/mol. The molecule has 5 heteroatoms. The van der Waals surface area contributed by atoms with E-state index in [0.717, 1.165) is 28.0 Å². The van der Waals surface area contributed by atoms with Crippen LogP contribution in [-0.2, 0) is 0 Å². The summed E-state index contributed by atoms with van der Waals surface area (Å²) in [7, 11) is 0. The number of aryl methyl sites for hydroxylation is 1. The number of fused-ring (bicyclic) bond motifs is 1. The summed E-state index contributed by atoms with van der Waals surface area (Å²) in [5.74, 6) is 6.55. The first-order valence-electron chi connectivity index (χ1n) is 6.34. The van der Waals surface area contributed by atoms with Gasteiger partial charge in [-0.15, -0.1) is 0 Å². The van der Waals surface area contributed by atoms with Crippen molar-refractivity contribution < 1.29 is 0 Å². The molecule has 0 amide bonds. The van der Waals surface area contributed by atoms with E-state index in [1.165, 1.54) is 0 Å². The molecule has 0 atom stereocenters. The average Bonchev–Trinajstić information content (AvgIpc) is 2.49. The zero-order valence-electron chi connectivity index (χ0n) is 11.1. The van der Waals surface area contributed by atoms with E-state index in [1.807, 2.05) is 55.5 Å². The summed E-state index contributed by atoms with van der Waals surface area (Å²) in [6.07, 6.45) is 0. The Morgan fingerprint density at radius 3 is 2.50 bits per heavy atom. The van der Waals surface area contributed by atoms with Gasteiger partial charge in [-0.1, -0.05) is 30.3 Å². The molecule has 1 aromatic heterocycles. The fourth-order valence-electron chi connectivity index (χ4n) is 2.08. The number of nitrogens with zero attached hydrogens (tertiary/aromatic N) is 2. The van der Waals surface area contributed by atoms with Crippen LogP contribution in [0.15, 0.2) is 48.5 Å². The lowest BCUT2D eigenvalue weighted by molar-refractivity contribution is 1.15. The van der Waals surface area contributed by atoms with E-state index >= 15 is 0 Å². The number of hydrogen-bond acceptors (Lipinski definition) is 5. The molecule has 0 saturated heterocycles. The minimum atomic E-state index is 0.389. The second-order valence-corrected chi connectivity index (χ2v) is 4.50. The number of hydrazine groups is 1. The van der Waals surface area contributed by atoms with E-state index in [2.05, 4.69) is 20.7 Å². The summed E-state index contributed by atoms with van der Waals surface area (Å²) in [6, 6.07) is 15.9. The fourth-order valence-corrected chi connectivity index (χ4v) is 2.08. The first-order valence-corrected chi connectivity index (χ1v) is 6.34. The lowest BCUT2D eigenvalue weighted by Crippen LogP contribution is -2.11. The molecular formula is C15H15N5. The van der Waals surface area contributed by atoms with Gasteiger partial charge in [-0.3, -0.25) is 5.43 Å². The Morgan fingerprint density at radius 2 is 1.70 bits per heavy atom. The Labute approximate surface area is 116 Å². The summed E-state index contributed by atoms with van der Waals surface area (Å²) < 4.78 is 0. The summed E-state index contributed by atoms with van der Waals surface area (Å²) in [5.41, 5.74) is 5.50. The Balaban J connectivity index is 2.13. The van der Waals surface area contributed by atoms with Crippen molar-refractivity contribution in [3.63, 3.8) is 0 Å². The Morgan fingerprint density at radius 1 is 0.950 bits per heavy atom. The first kappa shape index (κ1) is 12.4. The smallest absolute Gasteiger partial charge is 0.239 e. The average molecular weight is 265 g/mol. The zero-order chi connectivity index (χ0) is 13.9. The van der Waals surface area contributed by atoms with Gasteiger partial charge < -0.3 is 5.32 Å².